The summed E-state index contributed by atoms with van der Waals surface area (Å²) in [6.45, 7) is 6.14. The molecule has 0 amide bonds. The van der Waals surface area contributed by atoms with E-state index in [-0.39, 0.29) is 0 Å². The molecule has 0 radical (unpaired) electrons. The molecule has 1 aromatic rings. The van der Waals surface area contributed by atoms with Crippen molar-refractivity contribution >= 4 is 0 Å². The summed E-state index contributed by atoms with van der Waals surface area (Å²) in [7, 11) is 2.03. The van der Waals surface area contributed by atoms with Gasteiger partial charge < -0.3 is 15.0 Å². The molecule has 0 unspecified atom stereocenters. The minimum Gasteiger partial charge on any atom is -0.389 e. The van der Waals surface area contributed by atoms with Crippen LogP contribution in [0.15, 0.2) is 18.5 Å². The summed E-state index contributed by atoms with van der Waals surface area (Å²) < 4.78 is 2.05. The van der Waals surface area contributed by atoms with Crippen LogP contribution in [0.2, 0.25) is 0 Å². The monoisotopic (exact) mass is 250 g/mol. The second kappa shape index (κ2) is 5.06. The standard InChI is InChI=1S/C15H26N2O/c1-14(2)5-7-15(18,8-6-14)12-16-10-13-4-9-17(3)11-13/h4,9,11,16,18H,5-8,10,12H2,1-3H3. The van der Waals surface area contributed by atoms with Crippen LogP contribution in [-0.2, 0) is 13.6 Å². The highest BCUT2D eigenvalue weighted by Crippen LogP contribution is 2.39. The summed E-state index contributed by atoms with van der Waals surface area (Å²) in [5.74, 6) is 0. The first-order valence-corrected chi connectivity index (χ1v) is 6.93. The van der Waals surface area contributed by atoms with Crippen LogP contribution in [-0.4, -0.2) is 21.8 Å². The Morgan fingerprint density at radius 1 is 1.28 bits per heavy atom. The van der Waals surface area contributed by atoms with E-state index in [1.54, 1.807) is 0 Å². The molecule has 3 nitrogen and oxygen atoms in total. The predicted molar refractivity (Wildman–Crippen MR) is 74.3 cm³/mol. The predicted octanol–water partition coefficient (Wildman–Crippen LogP) is 2.45. The fourth-order valence-electron chi connectivity index (χ4n) is 2.67. The van der Waals surface area contributed by atoms with Crippen LogP contribution in [0.3, 0.4) is 0 Å². The molecule has 2 N–H and O–H groups in total. The Morgan fingerprint density at radius 2 is 1.94 bits per heavy atom. The van der Waals surface area contributed by atoms with Crippen molar-refractivity contribution in [2.24, 2.45) is 12.5 Å². The summed E-state index contributed by atoms with van der Waals surface area (Å²) in [5.41, 5.74) is 1.19. The van der Waals surface area contributed by atoms with E-state index in [1.165, 1.54) is 5.56 Å². The van der Waals surface area contributed by atoms with Gasteiger partial charge in [0.25, 0.3) is 0 Å². The van der Waals surface area contributed by atoms with Crippen LogP contribution in [0, 0.1) is 5.41 Å². The van der Waals surface area contributed by atoms with Gasteiger partial charge in [0.15, 0.2) is 0 Å². The molecule has 0 saturated heterocycles. The van der Waals surface area contributed by atoms with Gasteiger partial charge in [-0.3, -0.25) is 0 Å². The normalized spacial score (nSPS) is 22.0. The summed E-state index contributed by atoms with van der Waals surface area (Å²) in [4.78, 5) is 0. The Balaban J connectivity index is 1.76. The molecule has 0 aromatic carbocycles. The van der Waals surface area contributed by atoms with Gasteiger partial charge in [-0.2, -0.15) is 0 Å². The van der Waals surface area contributed by atoms with Crippen molar-refractivity contribution in [2.45, 2.75) is 51.7 Å². The second-order valence-electron chi connectivity index (χ2n) is 6.68. The van der Waals surface area contributed by atoms with Crippen molar-refractivity contribution in [1.82, 2.24) is 9.88 Å². The van der Waals surface area contributed by atoms with E-state index in [9.17, 15) is 5.11 Å². The molecule has 102 valence electrons. The van der Waals surface area contributed by atoms with E-state index in [4.69, 9.17) is 0 Å². The Morgan fingerprint density at radius 3 is 2.50 bits per heavy atom. The van der Waals surface area contributed by atoms with Crippen LogP contribution in [0.25, 0.3) is 0 Å². The molecule has 18 heavy (non-hydrogen) atoms. The first kappa shape index (κ1) is 13.6. The number of rotatable bonds is 4. The molecular formula is C15H26N2O. The molecule has 0 aliphatic heterocycles. The van der Waals surface area contributed by atoms with Crippen molar-refractivity contribution < 1.29 is 5.11 Å². The lowest BCUT2D eigenvalue weighted by Crippen LogP contribution is -2.44. The first-order valence-electron chi connectivity index (χ1n) is 6.93. The van der Waals surface area contributed by atoms with E-state index in [1.807, 2.05) is 7.05 Å². The fourth-order valence-corrected chi connectivity index (χ4v) is 2.67. The molecule has 1 saturated carbocycles. The topological polar surface area (TPSA) is 37.2 Å². The second-order valence-corrected chi connectivity index (χ2v) is 6.68. The van der Waals surface area contributed by atoms with Crippen LogP contribution < -0.4 is 5.32 Å². The minimum absolute atomic E-state index is 0.408. The minimum atomic E-state index is -0.496. The quantitative estimate of drug-likeness (QED) is 0.861. The molecule has 1 fully saturated rings. The zero-order chi connectivity index (χ0) is 13.2. The maximum Gasteiger partial charge on any atom is 0.0772 e. The molecular weight excluding hydrogens is 224 g/mol. The highest BCUT2D eigenvalue weighted by Gasteiger charge is 2.36. The van der Waals surface area contributed by atoms with Crippen molar-refractivity contribution in [3.8, 4) is 0 Å². The van der Waals surface area contributed by atoms with E-state index in [0.29, 0.717) is 12.0 Å². The van der Waals surface area contributed by atoms with Gasteiger partial charge in [0.1, 0.15) is 0 Å². The Labute approximate surface area is 110 Å². The molecule has 3 heteroatoms. The smallest absolute Gasteiger partial charge is 0.0772 e. The lowest BCUT2D eigenvalue weighted by molar-refractivity contribution is -0.0245. The maximum absolute atomic E-state index is 10.5. The fraction of sp³-hybridized carbons (Fsp3) is 0.733. The third kappa shape index (κ3) is 3.59. The third-order valence-corrected chi connectivity index (χ3v) is 4.21. The Bertz CT molecular complexity index is 385. The largest absolute Gasteiger partial charge is 0.389 e. The Kier molecular flexibility index (Phi) is 3.83. The van der Waals surface area contributed by atoms with E-state index in [0.717, 1.165) is 32.2 Å². The molecule has 1 aromatic heterocycles. The van der Waals surface area contributed by atoms with Crippen LogP contribution in [0.4, 0.5) is 0 Å². The van der Waals surface area contributed by atoms with Crippen LogP contribution >= 0.6 is 0 Å². The number of nitrogens with zero attached hydrogens (tertiary/aromatic N) is 1. The average Bonchev–Trinajstić information content (AvgIpc) is 2.70. The number of hydrogen-bond acceptors (Lipinski definition) is 2. The molecule has 0 atom stereocenters. The molecule has 1 aliphatic rings. The van der Waals surface area contributed by atoms with Crippen molar-refractivity contribution in [3.05, 3.63) is 24.0 Å². The molecule has 2 rings (SSSR count). The van der Waals surface area contributed by atoms with Gasteiger partial charge >= 0.3 is 0 Å². The zero-order valence-corrected chi connectivity index (χ0v) is 11.9. The van der Waals surface area contributed by atoms with Gasteiger partial charge in [0.05, 0.1) is 5.60 Å². The number of hydrogen-bond donors (Lipinski definition) is 2. The lowest BCUT2D eigenvalue weighted by Gasteiger charge is -2.40. The maximum atomic E-state index is 10.5. The lowest BCUT2D eigenvalue weighted by atomic mass is 9.71. The number of aryl methyl sites for hydroxylation is 1. The Hall–Kier alpha value is -0.800. The first-order chi connectivity index (χ1) is 8.39. The molecule has 1 aliphatic carbocycles. The number of nitrogens with one attached hydrogen (secondary N) is 1. The van der Waals surface area contributed by atoms with E-state index in [2.05, 4.69) is 42.2 Å². The van der Waals surface area contributed by atoms with Crippen LogP contribution in [0.5, 0.6) is 0 Å². The zero-order valence-electron chi connectivity index (χ0n) is 11.9. The summed E-state index contributed by atoms with van der Waals surface area (Å²) >= 11 is 0. The number of aliphatic hydroxyl groups is 1. The highest BCUT2D eigenvalue weighted by atomic mass is 16.3. The van der Waals surface area contributed by atoms with Gasteiger partial charge in [0.2, 0.25) is 0 Å². The molecule has 0 bridgehead atoms. The molecule has 0 spiro atoms. The van der Waals surface area contributed by atoms with Gasteiger partial charge in [-0.1, -0.05) is 13.8 Å². The van der Waals surface area contributed by atoms with Crippen molar-refractivity contribution in [2.75, 3.05) is 6.54 Å². The summed E-state index contributed by atoms with van der Waals surface area (Å²) in [5, 5.41) is 13.9. The highest BCUT2D eigenvalue weighted by molar-refractivity contribution is 5.09. The third-order valence-electron chi connectivity index (χ3n) is 4.21. The summed E-state index contributed by atoms with van der Waals surface area (Å²) in [6, 6.07) is 2.11. The SMILES string of the molecule is Cn1ccc(CNCC2(O)CCC(C)(C)CC2)c1. The van der Waals surface area contributed by atoms with Crippen LogP contribution in [0.1, 0.15) is 45.1 Å². The van der Waals surface area contributed by atoms with E-state index >= 15 is 0 Å². The average molecular weight is 250 g/mol. The number of aromatic nitrogens is 1. The van der Waals surface area contributed by atoms with Crippen molar-refractivity contribution in [1.29, 1.82) is 0 Å². The van der Waals surface area contributed by atoms with Gasteiger partial charge in [-0.25, -0.2) is 0 Å². The van der Waals surface area contributed by atoms with Gasteiger partial charge in [0, 0.05) is 32.5 Å². The van der Waals surface area contributed by atoms with Crippen molar-refractivity contribution in [3.63, 3.8) is 0 Å². The van der Waals surface area contributed by atoms with E-state index < -0.39 is 5.60 Å². The van der Waals surface area contributed by atoms with Gasteiger partial charge in [-0.05, 0) is 42.7 Å². The van der Waals surface area contributed by atoms with Gasteiger partial charge in [-0.15, -0.1) is 0 Å². The summed E-state index contributed by atoms with van der Waals surface area (Å²) in [6.07, 6.45) is 8.24. The molecule has 1 heterocycles.